The average molecular weight is 369 g/mol. The van der Waals surface area contributed by atoms with E-state index < -0.39 is 14.5 Å². The van der Waals surface area contributed by atoms with Gasteiger partial charge in [-0.2, -0.15) is 0 Å². The number of hydrogen-bond acceptors (Lipinski definition) is 1. The standard InChI is InChI=1S/AsH3O4.H2O.Pb.2H/c2-1(3,4)5;;;;/h(H3,2,3,4,5);1H2;;;. The molecule has 0 spiro atoms. The van der Waals surface area contributed by atoms with Gasteiger partial charge in [-0.25, -0.2) is 0 Å². The van der Waals surface area contributed by atoms with Crippen molar-refractivity contribution in [2.45, 2.75) is 0 Å². The van der Waals surface area contributed by atoms with E-state index in [9.17, 15) is 0 Å². The third-order valence-corrected chi connectivity index (χ3v) is 0. The molecule has 7 heavy (non-hydrogen) atoms. The molecule has 0 heterocycles. The Bertz CT molecular complexity index is 54.2. The first-order valence-corrected chi connectivity index (χ1v) is 4.07. The van der Waals surface area contributed by atoms with E-state index in [0.717, 1.165) is 0 Å². The van der Waals surface area contributed by atoms with Gasteiger partial charge in [0.1, 0.15) is 0 Å². The van der Waals surface area contributed by atoms with Crippen LogP contribution in [0.3, 0.4) is 0 Å². The Balaban J connectivity index is -0.0000000800. The van der Waals surface area contributed by atoms with Crippen molar-refractivity contribution in [2.75, 3.05) is 0 Å². The van der Waals surface area contributed by atoms with Gasteiger partial charge < -0.3 is 5.48 Å². The second-order valence-corrected chi connectivity index (χ2v) is 2.67. The van der Waals surface area contributed by atoms with Gasteiger partial charge in [-0.15, -0.1) is 0 Å². The van der Waals surface area contributed by atoms with E-state index in [4.69, 9.17) is 16.0 Å². The van der Waals surface area contributed by atoms with Gasteiger partial charge in [0.25, 0.3) is 0 Å². The van der Waals surface area contributed by atoms with Crippen LogP contribution in [0.1, 0.15) is 0 Å². The van der Waals surface area contributed by atoms with Gasteiger partial charge in [-0.3, -0.25) is 0 Å². The molecule has 0 aromatic rings. The minimum absolute atomic E-state index is 0. The van der Waals surface area contributed by atoms with Crippen LogP contribution in [0.2, 0.25) is 0 Å². The molecule has 0 fully saturated rings. The molecule has 0 aromatic carbocycles. The summed E-state index contributed by atoms with van der Waals surface area (Å²) in [4.78, 5) is 0. The molecule has 5 N–H and O–H groups in total. The molecule has 0 atom stereocenters. The summed E-state index contributed by atoms with van der Waals surface area (Å²) >= 11 is -5.12. The summed E-state index contributed by atoms with van der Waals surface area (Å²) in [5, 5.41) is 0. The molecule has 46 valence electrons. The van der Waals surface area contributed by atoms with Crippen LogP contribution in [0.25, 0.3) is 0 Å². The van der Waals surface area contributed by atoms with Gasteiger partial charge in [0.05, 0.1) is 0 Å². The van der Waals surface area contributed by atoms with Crippen LogP contribution in [0.5, 0.6) is 0 Å². The fourth-order valence-corrected chi connectivity index (χ4v) is 0. The fourth-order valence-electron chi connectivity index (χ4n) is 0. The molecule has 0 aliphatic carbocycles. The molecular formula is H7AsO5Pb. The van der Waals surface area contributed by atoms with Crippen LogP contribution < -0.4 is 0 Å². The van der Waals surface area contributed by atoms with Crippen molar-refractivity contribution >= 4 is 41.8 Å². The minimum atomic E-state index is -5.12. The van der Waals surface area contributed by atoms with Gasteiger partial charge in [0.15, 0.2) is 0 Å². The quantitative estimate of drug-likeness (QED) is 0.379. The average Bonchev–Trinajstić information content (AvgIpc) is 0.722. The number of hydrogen-bond donors (Lipinski definition) is 3. The maximum absolute atomic E-state index is 8.94. The molecule has 5 nitrogen and oxygen atoms in total. The fraction of sp³-hybridized carbons (Fsp3) is 0. The monoisotopic (exact) mass is 370 g/mol. The van der Waals surface area contributed by atoms with Crippen LogP contribution >= 0.6 is 0 Å². The summed E-state index contributed by atoms with van der Waals surface area (Å²) in [6, 6.07) is 0. The Kier molecular flexibility index (Phi) is 11.8. The second kappa shape index (κ2) is 5.26. The SMILES string of the molecule is O.O=[As](O)(O)O.[PbH2]. The van der Waals surface area contributed by atoms with Gasteiger partial charge in [0, 0.05) is 0 Å². The summed E-state index contributed by atoms with van der Waals surface area (Å²) in [6.45, 7) is 0. The molecule has 0 rings (SSSR count). The first-order valence-electron chi connectivity index (χ1n) is 0.783. The Morgan fingerprint density at radius 2 is 1.14 bits per heavy atom. The third kappa shape index (κ3) is 149. The van der Waals surface area contributed by atoms with E-state index in [1.54, 1.807) is 0 Å². The molecule has 0 saturated heterocycles. The van der Waals surface area contributed by atoms with E-state index in [-0.39, 0.29) is 32.8 Å². The molecule has 0 saturated carbocycles. The second-order valence-electron chi connectivity index (χ2n) is 0.513. The molecule has 7 heteroatoms. The molecule has 0 aliphatic heterocycles. The topological polar surface area (TPSA) is 109 Å². The maximum atomic E-state index is 8.94. The van der Waals surface area contributed by atoms with Gasteiger partial charge in [-0.1, -0.05) is 0 Å². The summed E-state index contributed by atoms with van der Waals surface area (Å²) in [5.41, 5.74) is 0. The van der Waals surface area contributed by atoms with Crippen molar-refractivity contribution in [2.24, 2.45) is 0 Å². The van der Waals surface area contributed by atoms with Crippen molar-refractivity contribution in [3.63, 3.8) is 0 Å². The Morgan fingerprint density at radius 3 is 1.14 bits per heavy atom. The Morgan fingerprint density at radius 1 is 1.14 bits per heavy atom. The van der Waals surface area contributed by atoms with E-state index in [1.807, 2.05) is 0 Å². The third-order valence-electron chi connectivity index (χ3n) is 0. The van der Waals surface area contributed by atoms with Crippen LogP contribution in [0.15, 0.2) is 0 Å². The number of rotatable bonds is 0. The zero-order valence-corrected chi connectivity index (χ0v) is 10.8. The molecule has 0 aliphatic rings. The summed E-state index contributed by atoms with van der Waals surface area (Å²) in [6.07, 6.45) is 0. The normalized spacial score (nSPS) is 8.43. The first kappa shape index (κ1) is 15.7. The van der Waals surface area contributed by atoms with Crippen molar-refractivity contribution in [1.29, 1.82) is 0 Å². The summed E-state index contributed by atoms with van der Waals surface area (Å²) in [7, 11) is 0. The Labute approximate surface area is 63.2 Å². The predicted molar refractivity (Wildman–Crippen MR) is 25.3 cm³/mol. The van der Waals surface area contributed by atoms with Crippen LogP contribution in [0.4, 0.5) is 0 Å². The molecule has 0 unspecified atom stereocenters. The summed E-state index contributed by atoms with van der Waals surface area (Å²) in [5.74, 6) is 0. The van der Waals surface area contributed by atoms with Crippen LogP contribution in [-0.4, -0.2) is 59.6 Å². The zero-order chi connectivity index (χ0) is 4.50. The first-order chi connectivity index (χ1) is 2.00. The Hall–Kier alpha value is 1.12. The molecule has 0 bridgehead atoms. The molecule has 2 radical (unpaired) electrons. The van der Waals surface area contributed by atoms with Gasteiger partial charge in [0.2, 0.25) is 0 Å². The van der Waals surface area contributed by atoms with E-state index >= 15 is 0 Å². The van der Waals surface area contributed by atoms with Crippen molar-refractivity contribution in [3.05, 3.63) is 0 Å². The van der Waals surface area contributed by atoms with Crippen LogP contribution in [-0.2, 0) is 3.74 Å². The van der Waals surface area contributed by atoms with Crippen molar-refractivity contribution in [1.82, 2.24) is 0 Å². The van der Waals surface area contributed by atoms with Gasteiger partial charge in [-0.05, 0) is 0 Å². The molecular weight excluding hydrogens is 362 g/mol. The van der Waals surface area contributed by atoms with E-state index in [1.165, 1.54) is 0 Å². The molecule has 0 aromatic heterocycles. The summed E-state index contributed by atoms with van der Waals surface area (Å²) < 4.78 is 30.7. The van der Waals surface area contributed by atoms with Crippen molar-refractivity contribution < 1.29 is 21.5 Å². The van der Waals surface area contributed by atoms with E-state index in [2.05, 4.69) is 0 Å². The van der Waals surface area contributed by atoms with E-state index in [0.29, 0.717) is 0 Å². The zero-order valence-electron chi connectivity index (χ0n) is 3.40. The predicted octanol–water partition coefficient (Wildman–Crippen LogP) is -3.91. The van der Waals surface area contributed by atoms with Gasteiger partial charge >= 0.3 is 57.8 Å². The van der Waals surface area contributed by atoms with Crippen LogP contribution in [0, 0.1) is 0 Å². The molecule has 0 amide bonds. The van der Waals surface area contributed by atoms with Crippen molar-refractivity contribution in [3.8, 4) is 0 Å².